The van der Waals surface area contributed by atoms with Crippen LogP contribution < -0.4 is 5.32 Å². The maximum Gasteiger partial charge on any atom is 0.224 e. The van der Waals surface area contributed by atoms with Crippen molar-refractivity contribution in [2.45, 2.75) is 6.42 Å². The van der Waals surface area contributed by atoms with E-state index in [1.165, 1.54) is 5.57 Å². The van der Waals surface area contributed by atoms with Crippen molar-refractivity contribution in [1.29, 1.82) is 0 Å². The first-order valence-electron chi connectivity index (χ1n) is 5.83. The number of rotatable bonds is 5. The van der Waals surface area contributed by atoms with Crippen molar-refractivity contribution in [2.75, 3.05) is 38.8 Å². The Morgan fingerprint density at radius 1 is 1.56 bits per heavy atom. The molecule has 0 aliphatic carbocycles. The van der Waals surface area contributed by atoms with Crippen LogP contribution in [0.25, 0.3) is 5.57 Å². The van der Waals surface area contributed by atoms with E-state index >= 15 is 0 Å². The van der Waals surface area contributed by atoms with Gasteiger partial charge in [-0.05, 0) is 23.6 Å². The maximum absolute atomic E-state index is 5.83. The second-order valence-corrected chi connectivity index (χ2v) is 4.21. The van der Waals surface area contributed by atoms with Crippen LogP contribution in [0.4, 0.5) is 5.82 Å². The molecular formula is C12H16ClN3O2. The van der Waals surface area contributed by atoms with Gasteiger partial charge in [0.25, 0.3) is 0 Å². The van der Waals surface area contributed by atoms with Crippen molar-refractivity contribution >= 4 is 23.0 Å². The van der Waals surface area contributed by atoms with Gasteiger partial charge in [0.05, 0.1) is 19.8 Å². The quantitative estimate of drug-likeness (QED) is 0.654. The van der Waals surface area contributed by atoms with Crippen LogP contribution in [0.2, 0.25) is 5.28 Å². The highest BCUT2D eigenvalue weighted by Crippen LogP contribution is 2.26. The molecule has 6 heteroatoms. The molecule has 5 nitrogen and oxygen atoms in total. The summed E-state index contributed by atoms with van der Waals surface area (Å²) in [5, 5.41) is 3.45. The number of hydrogen-bond acceptors (Lipinski definition) is 5. The van der Waals surface area contributed by atoms with Crippen LogP contribution in [0.5, 0.6) is 0 Å². The Morgan fingerprint density at radius 3 is 3.17 bits per heavy atom. The minimum absolute atomic E-state index is 0.242. The van der Waals surface area contributed by atoms with Crippen LogP contribution in [-0.2, 0) is 9.47 Å². The molecule has 18 heavy (non-hydrogen) atoms. The van der Waals surface area contributed by atoms with Gasteiger partial charge >= 0.3 is 0 Å². The summed E-state index contributed by atoms with van der Waals surface area (Å²) in [5.41, 5.74) is 2.18. The summed E-state index contributed by atoms with van der Waals surface area (Å²) in [6.07, 6.45) is 4.67. The molecule has 2 rings (SSSR count). The van der Waals surface area contributed by atoms with Crippen molar-refractivity contribution in [2.24, 2.45) is 0 Å². The summed E-state index contributed by atoms with van der Waals surface area (Å²) in [4.78, 5) is 8.27. The van der Waals surface area contributed by atoms with E-state index in [1.54, 1.807) is 13.3 Å². The Balaban J connectivity index is 2.19. The van der Waals surface area contributed by atoms with Crippen LogP contribution in [0, 0.1) is 0 Å². The first kappa shape index (κ1) is 13.3. The van der Waals surface area contributed by atoms with Gasteiger partial charge in [0, 0.05) is 25.4 Å². The zero-order valence-corrected chi connectivity index (χ0v) is 11.0. The van der Waals surface area contributed by atoms with Gasteiger partial charge in [0.15, 0.2) is 0 Å². The number of nitrogens with zero attached hydrogens (tertiary/aromatic N) is 2. The number of hydrogen-bond donors (Lipinski definition) is 1. The number of aromatic nitrogens is 2. The highest BCUT2D eigenvalue weighted by Gasteiger charge is 2.13. The SMILES string of the molecule is COCCNc1nc(Cl)ncc1C1=CCOCC1. The fourth-order valence-corrected chi connectivity index (χ4v) is 1.91. The van der Waals surface area contributed by atoms with Gasteiger partial charge in [0.2, 0.25) is 5.28 Å². The van der Waals surface area contributed by atoms with Crippen molar-refractivity contribution in [3.05, 3.63) is 23.1 Å². The lowest BCUT2D eigenvalue weighted by molar-refractivity contribution is 0.161. The van der Waals surface area contributed by atoms with Crippen LogP contribution in [0.1, 0.15) is 12.0 Å². The molecule has 1 aromatic heterocycles. The molecule has 0 unspecified atom stereocenters. The van der Waals surface area contributed by atoms with E-state index in [1.807, 2.05) is 0 Å². The Morgan fingerprint density at radius 2 is 2.44 bits per heavy atom. The summed E-state index contributed by atoms with van der Waals surface area (Å²) in [5.74, 6) is 0.750. The average molecular weight is 270 g/mol. The second-order valence-electron chi connectivity index (χ2n) is 3.88. The summed E-state index contributed by atoms with van der Waals surface area (Å²) in [6, 6.07) is 0. The molecule has 0 saturated heterocycles. The molecule has 0 radical (unpaired) electrons. The van der Waals surface area contributed by atoms with Gasteiger partial charge < -0.3 is 14.8 Å². The topological polar surface area (TPSA) is 56.3 Å². The first-order valence-corrected chi connectivity index (χ1v) is 6.21. The molecule has 1 aliphatic heterocycles. The number of nitrogens with one attached hydrogen (secondary N) is 1. The zero-order valence-electron chi connectivity index (χ0n) is 10.3. The van der Waals surface area contributed by atoms with Crippen molar-refractivity contribution in [3.8, 4) is 0 Å². The van der Waals surface area contributed by atoms with E-state index in [-0.39, 0.29) is 5.28 Å². The van der Waals surface area contributed by atoms with Crippen LogP contribution in [-0.4, -0.2) is 43.4 Å². The summed E-state index contributed by atoms with van der Waals surface area (Å²) < 4.78 is 10.3. The summed E-state index contributed by atoms with van der Waals surface area (Å²) >= 11 is 5.83. The third kappa shape index (κ3) is 3.41. The predicted octanol–water partition coefficient (Wildman–Crippen LogP) is 1.99. The Labute approximate surface area is 111 Å². The number of ether oxygens (including phenoxy) is 2. The van der Waals surface area contributed by atoms with Gasteiger partial charge in [-0.3, -0.25) is 0 Å². The lowest BCUT2D eigenvalue weighted by Crippen LogP contribution is -2.12. The van der Waals surface area contributed by atoms with E-state index in [0.29, 0.717) is 19.8 Å². The predicted molar refractivity (Wildman–Crippen MR) is 70.8 cm³/mol. The molecule has 0 saturated carbocycles. The fourth-order valence-electron chi connectivity index (χ4n) is 1.77. The van der Waals surface area contributed by atoms with Gasteiger partial charge in [-0.2, -0.15) is 0 Å². The van der Waals surface area contributed by atoms with E-state index in [2.05, 4.69) is 21.4 Å². The van der Waals surface area contributed by atoms with Gasteiger partial charge in [-0.25, -0.2) is 9.97 Å². The molecule has 0 spiro atoms. The minimum Gasteiger partial charge on any atom is -0.383 e. The Kier molecular flexibility index (Phi) is 4.92. The molecule has 1 aliphatic rings. The van der Waals surface area contributed by atoms with Gasteiger partial charge in [-0.1, -0.05) is 6.08 Å². The molecule has 0 atom stereocenters. The third-order valence-electron chi connectivity index (χ3n) is 2.67. The van der Waals surface area contributed by atoms with Crippen molar-refractivity contribution < 1.29 is 9.47 Å². The van der Waals surface area contributed by atoms with E-state index in [4.69, 9.17) is 21.1 Å². The Hall–Kier alpha value is -1.17. The highest BCUT2D eigenvalue weighted by molar-refractivity contribution is 6.28. The maximum atomic E-state index is 5.83. The zero-order chi connectivity index (χ0) is 12.8. The standard InChI is InChI=1S/C12H16ClN3O2/c1-17-7-4-14-11-10(8-15-12(13)16-11)9-2-5-18-6-3-9/h2,8H,3-7H2,1H3,(H,14,15,16). The van der Waals surface area contributed by atoms with Crippen LogP contribution in [0.3, 0.4) is 0 Å². The minimum atomic E-state index is 0.242. The van der Waals surface area contributed by atoms with Crippen LogP contribution in [0.15, 0.2) is 12.3 Å². The lowest BCUT2D eigenvalue weighted by Gasteiger charge is -2.16. The van der Waals surface area contributed by atoms with E-state index in [9.17, 15) is 0 Å². The number of anilines is 1. The van der Waals surface area contributed by atoms with Crippen LogP contribution >= 0.6 is 11.6 Å². The molecule has 2 heterocycles. The molecule has 0 bridgehead atoms. The lowest BCUT2D eigenvalue weighted by atomic mass is 10.0. The third-order valence-corrected chi connectivity index (χ3v) is 2.85. The average Bonchev–Trinajstić information content (AvgIpc) is 2.40. The normalized spacial score (nSPS) is 15.3. The number of methoxy groups -OCH3 is 1. The smallest absolute Gasteiger partial charge is 0.224 e. The van der Waals surface area contributed by atoms with Crippen molar-refractivity contribution in [3.63, 3.8) is 0 Å². The largest absolute Gasteiger partial charge is 0.383 e. The molecular weight excluding hydrogens is 254 g/mol. The first-order chi connectivity index (χ1) is 8.81. The monoisotopic (exact) mass is 269 g/mol. The van der Waals surface area contributed by atoms with E-state index in [0.717, 1.165) is 24.4 Å². The summed E-state index contributed by atoms with van der Waals surface area (Å²) in [7, 11) is 1.66. The molecule has 1 N–H and O–H groups in total. The van der Waals surface area contributed by atoms with Crippen molar-refractivity contribution in [1.82, 2.24) is 9.97 Å². The molecule has 1 aromatic rings. The molecule has 0 amide bonds. The Bertz CT molecular complexity index is 437. The number of halogens is 1. The fraction of sp³-hybridized carbons (Fsp3) is 0.500. The highest BCUT2D eigenvalue weighted by atomic mass is 35.5. The summed E-state index contributed by atoms with van der Waals surface area (Å²) in [6.45, 7) is 2.66. The second kappa shape index (κ2) is 6.68. The van der Waals surface area contributed by atoms with Gasteiger partial charge in [-0.15, -0.1) is 0 Å². The molecule has 98 valence electrons. The van der Waals surface area contributed by atoms with Gasteiger partial charge in [0.1, 0.15) is 5.82 Å². The van der Waals surface area contributed by atoms with E-state index < -0.39 is 0 Å². The molecule has 0 fully saturated rings. The molecule has 0 aromatic carbocycles.